The van der Waals surface area contributed by atoms with E-state index in [-0.39, 0.29) is 10.9 Å². The van der Waals surface area contributed by atoms with Crippen LogP contribution in [-0.4, -0.2) is 27.0 Å². The largest absolute Gasteiger partial charge is 0.382 e. The lowest BCUT2D eigenvalue weighted by Gasteiger charge is -2.20. The number of nitrogens with two attached hydrogens (primary N) is 1. The molecule has 0 aliphatic carbocycles. The Labute approximate surface area is 121 Å². The Kier molecular flexibility index (Phi) is 4.67. The molecule has 1 aliphatic rings. The normalized spacial score (nSPS) is 20.9. The van der Waals surface area contributed by atoms with Gasteiger partial charge in [-0.25, -0.2) is 13.6 Å². The predicted molar refractivity (Wildman–Crippen MR) is 81.3 cm³/mol. The topological polar surface area (TPSA) is 84.2 Å². The van der Waals surface area contributed by atoms with Crippen molar-refractivity contribution in [2.45, 2.75) is 50.1 Å². The molecule has 2 unspecified atom stereocenters. The molecule has 0 aromatic heterocycles. The summed E-state index contributed by atoms with van der Waals surface area (Å²) in [4.78, 5) is 0.189. The van der Waals surface area contributed by atoms with Gasteiger partial charge in [-0.3, -0.25) is 0 Å². The summed E-state index contributed by atoms with van der Waals surface area (Å²) < 4.78 is 23.0. The van der Waals surface area contributed by atoms with Crippen molar-refractivity contribution in [1.29, 1.82) is 0 Å². The number of aryl methyl sites for hydroxylation is 1. The van der Waals surface area contributed by atoms with Crippen LogP contribution in [0.15, 0.2) is 23.1 Å². The Balaban J connectivity index is 2.05. The molecule has 1 aromatic rings. The first-order valence-corrected chi connectivity index (χ1v) is 8.54. The summed E-state index contributed by atoms with van der Waals surface area (Å²) in [6.45, 7) is 4.95. The van der Waals surface area contributed by atoms with Crippen LogP contribution in [0.5, 0.6) is 0 Å². The van der Waals surface area contributed by atoms with Gasteiger partial charge >= 0.3 is 0 Å². The molecule has 20 heavy (non-hydrogen) atoms. The molecule has 1 fully saturated rings. The van der Waals surface area contributed by atoms with E-state index in [0.29, 0.717) is 11.6 Å². The summed E-state index contributed by atoms with van der Waals surface area (Å²) in [5.74, 6) is 0. The quantitative estimate of drug-likeness (QED) is 0.770. The average molecular weight is 297 g/mol. The van der Waals surface area contributed by atoms with Gasteiger partial charge in [-0.05, 0) is 57.4 Å². The molecule has 0 spiro atoms. The summed E-state index contributed by atoms with van der Waals surface area (Å²) in [7, 11) is -3.67. The molecule has 1 aromatic carbocycles. The first-order valence-electron chi connectivity index (χ1n) is 6.99. The maximum absolute atomic E-state index is 11.5. The van der Waals surface area contributed by atoms with Gasteiger partial charge in [-0.15, -0.1) is 0 Å². The molecular formula is C14H23N3O2S. The number of rotatable bonds is 5. The molecule has 2 rings (SSSR count). The number of nitrogens with one attached hydrogen (secondary N) is 2. The molecule has 1 saturated heterocycles. The fourth-order valence-corrected chi connectivity index (χ4v) is 3.53. The molecule has 2 atom stereocenters. The van der Waals surface area contributed by atoms with Gasteiger partial charge < -0.3 is 10.6 Å². The zero-order valence-corrected chi connectivity index (χ0v) is 12.8. The van der Waals surface area contributed by atoms with Crippen molar-refractivity contribution in [3.8, 4) is 0 Å². The first kappa shape index (κ1) is 15.3. The summed E-state index contributed by atoms with van der Waals surface area (Å²) in [6, 6.07) is 6.12. The van der Waals surface area contributed by atoms with Gasteiger partial charge in [0.25, 0.3) is 0 Å². The van der Waals surface area contributed by atoms with E-state index in [1.165, 1.54) is 12.8 Å². The van der Waals surface area contributed by atoms with Crippen LogP contribution in [0.1, 0.15) is 31.7 Å². The first-order chi connectivity index (χ1) is 9.36. The van der Waals surface area contributed by atoms with Crippen molar-refractivity contribution >= 4 is 15.7 Å². The van der Waals surface area contributed by atoms with E-state index in [9.17, 15) is 8.42 Å². The van der Waals surface area contributed by atoms with Crippen LogP contribution in [0.3, 0.4) is 0 Å². The average Bonchev–Trinajstić information content (AvgIpc) is 2.83. The van der Waals surface area contributed by atoms with E-state index in [2.05, 4.69) is 17.6 Å². The van der Waals surface area contributed by atoms with Crippen LogP contribution in [0, 0.1) is 6.92 Å². The van der Waals surface area contributed by atoms with Gasteiger partial charge in [-0.2, -0.15) is 0 Å². The minimum absolute atomic E-state index is 0.189. The fraction of sp³-hybridized carbons (Fsp3) is 0.571. The Morgan fingerprint density at radius 1 is 1.50 bits per heavy atom. The van der Waals surface area contributed by atoms with Crippen molar-refractivity contribution in [2.75, 3.05) is 11.9 Å². The Morgan fingerprint density at radius 2 is 2.25 bits per heavy atom. The molecule has 4 N–H and O–H groups in total. The third kappa shape index (κ3) is 3.94. The van der Waals surface area contributed by atoms with Crippen molar-refractivity contribution < 1.29 is 8.42 Å². The molecular weight excluding hydrogens is 274 g/mol. The van der Waals surface area contributed by atoms with E-state index in [1.54, 1.807) is 19.1 Å². The van der Waals surface area contributed by atoms with Gasteiger partial charge in [0, 0.05) is 17.8 Å². The van der Waals surface area contributed by atoms with Crippen molar-refractivity contribution in [1.82, 2.24) is 5.32 Å². The SMILES string of the molecule is Cc1ccc(NC(C)CC2CCCN2)cc1S(N)(=O)=O. The van der Waals surface area contributed by atoms with E-state index in [0.717, 1.165) is 18.7 Å². The van der Waals surface area contributed by atoms with Gasteiger partial charge in [0.2, 0.25) is 10.0 Å². The second kappa shape index (κ2) is 6.11. The Bertz CT molecular complexity index is 566. The number of hydrogen-bond donors (Lipinski definition) is 3. The lowest BCUT2D eigenvalue weighted by molar-refractivity contribution is 0.523. The van der Waals surface area contributed by atoms with E-state index >= 15 is 0 Å². The van der Waals surface area contributed by atoms with Crippen LogP contribution >= 0.6 is 0 Å². The minimum atomic E-state index is -3.67. The van der Waals surface area contributed by atoms with E-state index < -0.39 is 10.0 Å². The fourth-order valence-electron chi connectivity index (χ4n) is 2.72. The molecule has 0 amide bonds. The molecule has 0 bridgehead atoms. The highest BCUT2D eigenvalue weighted by Crippen LogP contribution is 2.21. The Hall–Kier alpha value is -1.11. The summed E-state index contributed by atoms with van der Waals surface area (Å²) in [5.41, 5.74) is 1.47. The summed E-state index contributed by atoms with van der Waals surface area (Å²) >= 11 is 0. The zero-order chi connectivity index (χ0) is 14.8. The van der Waals surface area contributed by atoms with Crippen molar-refractivity contribution in [3.05, 3.63) is 23.8 Å². The van der Waals surface area contributed by atoms with E-state index in [4.69, 9.17) is 5.14 Å². The molecule has 1 aliphatic heterocycles. The number of anilines is 1. The third-order valence-corrected chi connectivity index (χ3v) is 4.76. The molecule has 112 valence electrons. The lowest BCUT2D eigenvalue weighted by Crippen LogP contribution is -2.29. The second-order valence-electron chi connectivity index (χ2n) is 5.60. The number of benzene rings is 1. The molecule has 0 saturated carbocycles. The molecule has 1 heterocycles. The number of hydrogen-bond acceptors (Lipinski definition) is 4. The van der Waals surface area contributed by atoms with Crippen molar-refractivity contribution in [3.63, 3.8) is 0 Å². The minimum Gasteiger partial charge on any atom is -0.382 e. The maximum Gasteiger partial charge on any atom is 0.238 e. The monoisotopic (exact) mass is 297 g/mol. The third-order valence-electron chi connectivity index (χ3n) is 3.71. The van der Waals surface area contributed by atoms with Gasteiger partial charge in [0.1, 0.15) is 0 Å². The van der Waals surface area contributed by atoms with Crippen LogP contribution in [0.4, 0.5) is 5.69 Å². The molecule has 0 radical (unpaired) electrons. The van der Waals surface area contributed by atoms with E-state index in [1.807, 2.05) is 6.07 Å². The standard InChI is InChI=1S/C14H23N3O2S/c1-10-5-6-13(9-14(10)20(15,18)19)17-11(2)8-12-4-3-7-16-12/h5-6,9,11-12,16-17H,3-4,7-8H2,1-2H3,(H2,15,18,19). The molecule has 5 nitrogen and oxygen atoms in total. The second-order valence-corrected chi connectivity index (χ2v) is 7.13. The maximum atomic E-state index is 11.5. The smallest absolute Gasteiger partial charge is 0.238 e. The van der Waals surface area contributed by atoms with Gasteiger partial charge in [0.15, 0.2) is 0 Å². The summed E-state index contributed by atoms with van der Waals surface area (Å²) in [5, 5.41) is 12.0. The zero-order valence-electron chi connectivity index (χ0n) is 12.0. The van der Waals surface area contributed by atoms with Crippen molar-refractivity contribution in [2.24, 2.45) is 5.14 Å². The number of primary sulfonamides is 1. The van der Waals surface area contributed by atoms with Gasteiger partial charge in [0.05, 0.1) is 4.90 Å². The lowest BCUT2D eigenvalue weighted by atomic mass is 10.1. The van der Waals surface area contributed by atoms with Crippen LogP contribution in [-0.2, 0) is 10.0 Å². The highest BCUT2D eigenvalue weighted by molar-refractivity contribution is 7.89. The van der Waals surface area contributed by atoms with Crippen LogP contribution < -0.4 is 15.8 Å². The van der Waals surface area contributed by atoms with Gasteiger partial charge in [-0.1, -0.05) is 6.07 Å². The van der Waals surface area contributed by atoms with Crippen LogP contribution in [0.2, 0.25) is 0 Å². The highest BCUT2D eigenvalue weighted by Gasteiger charge is 2.18. The van der Waals surface area contributed by atoms with Crippen LogP contribution in [0.25, 0.3) is 0 Å². The summed E-state index contributed by atoms with van der Waals surface area (Å²) in [6.07, 6.45) is 3.47. The highest BCUT2D eigenvalue weighted by atomic mass is 32.2. The predicted octanol–water partition coefficient (Wildman–Crippen LogP) is 1.58. The number of sulfonamides is 1. The Morgan fingerprint density at radius 3 is 2.85 bits per heavy atom. The molecule has 6 heteroatoms.